The van der Waals surface area contributed by atoms with Crippen LogP contribution >= 0.6 is 0 Å². The molecule has 1 aliphatic carbocycles. The van der Waals surface area contributed by atoms with Gasteiger partial charge in [-0.15, -0.1) is 0 Å². The summed E-state index contributed by atoms with van der Waals surface area (Å²) in [7, 11) is 0. The van der Waals surface area contributed by atoms with Gasteiger partial charge in [0.25, 0.3) is 5.56 Å². The third-order valence-corrected chi connectivity index (χ3v) is 3.84. The molecule has 1 aliphatic heterocycles. The van der Waals surface area contributed by atoms with Crippen molar-refractivity contribution < 1.29 is 28.1 Å². The lowest BCUT2D eigenvalue weighted by atomic mass is 10.1. The number of rotatable bonds is 2. The second kappa shape index (κ2) is 3.51. The summed E-state index contributed by atoms with van der Waals surface area (Å²) in [4.78, 5) is 24.1. The van der Waals surface area contributed by atoms with E-state index < -0.39 is 47.4 Å². The van der Waals surface area contributed by atoms with Crippen LogP contribution in [0.2, 0.25) is 0 Å². The molecule has 1 saturated carbocycles. The summed E-state index contributed by atoms with van der Waals surface area (Å²) in [6.45, 7) is -1.55. The van der Waals surface area contributed by atoms with Crippen LogP contribution in [0, 0.1) is 0 Å². The van der Waals surface area contributed by atoms with E-state index >= 15 is 0 Å². The Kier molecular flexibility index (Phi) is 2.34. The molecule has 0 amide bonds. The molecule has 2 fully saturated rings. The van der Waals surface area contributed by atoms with E-state index in [0.29, 0.717) is 4.57 Å². The zero-order valence-electron chi connectivity index (χ0n) is 9.72. The van der Waals surface area contributed by atoms with Crippen LogP contribution in [0.25, 0.3) is 0 Å². The molecular weight excluding hydrogens is 285 g/mol. The van der Waals surface area contributed by atoms with Gasteiger partial charge in [-0.1, -0.05) is 0 Å². The first-order valence-corrected chi connectivity index (χ1v) is 5.56. The number of ether oxygens (including phenoxy) is 1. The van der Waals surface area contributed by atoms with Crippen molar-refractivity contribution in [3.63, 3.8) is 0 Å². The van der Waals surface area contributed by atoms with Crippen molar-refractivity contribution in [3.8, 4) is 0 Å². The number of fused-ring (bicyclic) bond motifs is 1. The average molecular weight is 294 g/mol. The zero-order valence-corrected chi connectivity index (χ0v) is 9.72. The molecule has 2 heterocycles. The number of halogens is 3. The van der Waals surface area contributed by atoms with Gasteiger partial charge in [-0.05, 0) is 0 Å². The normalized spacial score (nSPS) is 41.5. The van der Waals surface area contributed by atoms with Crippen molar-refractivity contribution in [1.29, 1.82) is 0 Å². The maximum Gasteiger partial charge on any atom is 0.330 e. The Morgan fingerprint density at radius 2 is 2.10 bits per heavy atom. The van der Waals surface area contributed by atoms with Gasteiger partial charge in [-0.2, -0.15) is 8.78 Å². The lowest BCUT2D eigenvalue weighted by molar-refractivity contribution is -0.202. The smallest absolute Gasteiger partial charge is 0.330 e. The first-order chi connectivity index (χ1) is 9.22. The van der Waals surface area contributed by atoms with Gasteiger partial charge >= 0.3 is 11.6 Å². The van der Waals surface area contributed by atoms with Gasteiger partial charge in [0.05, 0.1) is 0 Å². The van der Waals surface area contributed by atoms with Gasteiger partial charge < -0.3 is 14.9 Å². The number of aliphatic hydroxyl groups is 2. The first-order valence-electron chi connectivity index (χ1n) is 5.56. The van der Waals surface area contributed by atoms with Crippen molar-refractivity contribution in [3.05, 3.63) is 33.1 Å². The van der Waals surface area contributed by atoms with E-state index in [1.165, 1.54) is 0 Å². The molecule has 3 rings (SSSR count). The van der Waals surface area contributed by atoms with Crippen molar-refractivity contribution in [2.45, 2.75) is 29.5 Å². The van der Waals surface area contributed by atoms with Crippen molar-refractivity contribution in [2.24, 2.45) is 0 Å². The molecule has 0 aromatic carbocycles. The molecule has 1 saturated heterocycles. The van der Waals surface area contributed by atoms with Crippen LogP contribution in [0.5, 0.6) is 0 Å². The van der Waals surface area contributed by atoms with E-state index in [1.807, 2.05) is 0 Å². The van der Waals surface area contributed by atoms with E-state index in [1.54, 1.807) is 4.98 Å². The fourth-order valence-electron chi connectivity index (χ4n) is 2.60. The highest BCUT2D eigenvalue weighted by atomic mass is 19.3. The summed E-state index contributed by atoms with van der Waals surface area (Å²) >= 11 is 0. The summed E-state index contributed by atoms with van der Waals surface area (Å²) < 4.78 is 46.2. The number of aromatic nitrogens is 2. The van der Waals surface area contributed by atoms with E-state index in [9.17, 15) is 33.0 Å². The van der Waals surface area contributed by atoms with Crippen LogP contribution in [0.3, 0.4) is 0 Å². The lowest BCUT2D eigenvalue weighted by Gasteiger charge is -2.26. The predicted octanol–water partition coefficient (Wildman–Crippen LogP) is -1.49. The number of alkyl halides is 3. The number of H-pyrrole nitrogens is 1. The predicted molar refractivity (Wildman–Crippen MR) is 56.1 cm³/mol. The quantitative estimate of drug-likeness (QED) is 0.617. The summed E-state index contributed by atoms with van der Waals surface area (Å²) in [5.74, 6) is -4.11. The Bertz CT molecular complexity index is 688. The molecular formula is C10H9F3N2O5. The Morgan fingerprint density at radius 1 is 1.45 bits per heavy atom. The van der Waals surface area contributed by atoms with E-state index in [2.05, 4.69) is 0 Å². The molecule has 1 unspecified atom stereocenters. The monoisotopic (exact) mass is 294 g/mol. The SMILES string of the molecule is O=c1ccn([C@@H]2O[C@]3(CF)C(O)[C@]3(O)C2(F)F)c(=O)[nH]1. The molecule has 0 spiro atoms. The Morgan fingerprint density at radius 3 is 2.60 bits per heavy atom. The van der Waals surface area contributed by atoms with Crippen molar-refractivity contribution in [2.75, 3.05) is 6.67 Å². The first kappa shape index (κ1) is 13.3. The summed E-state index contributed by atoms with van der Waals surface area (Å²) in [5.41, 5.74) is -7.57. The third-order valence-electron chi connectivity index (χ3n) is 3.84. The van der Waals surface area contributed by atoms with E-state index in [0.717, 1.165) is 12.3 Å². The number of hydrogen-bond donors (Lipinski definition) is 3. The molecule has 3 N–H and O–H groups in total. The molecule has 2 aliphatic rings. The maximum atomic E-state index is 14.1. The number of aliphatic hydroxyl groups excluding tert-OH is 1. The van der Waals surface area contributed by atoms with Gasteiger partial charge in [-0.3, -0.25) is 14.3 Å². The molecule has 1 aromatic heterocycles. The number of nitrogens with zero attached hydrogens (tertiary/aromatic N) is 1. The van der Waals surface area contributed by atoms with Gasteiger partial charge in [0.2, 0.25) is 6.23 Å². The molecule has 110 valence electrons. The van der Waals surface area contributed by atoms with E-state index in [-0.39, 0.29) is 0 Å². The standard InChI is InChI=1S/C10H9F3N2O5/c11-3-8-5(17)9(8,19)10(12,13)6(20-8)15-2-1-4(16)14-7(15)18/h1-2,5-6,17,19H,3H2,(H,14,16,18)/t5?,6-,8-,9-/m1/s1. The summed E-state index contributed by atoms with van der Waals surface area (Å²) in [6, 6.07) is 0.799. The number of hydrogen-bond acceptors (Lipinski definition) is 5. The zero-order chi connectivity index (χ0) is 14.9. The molecule has 4 atom stereocenters. The molecule has 0 bridgehead atoms. The van der Waals surface area contributed by atoms with Gasteiger partial charge in [0.15, 0.2) is 11.2 Å². The fourth-order valence-corrected chi connectivity index (χ4v) is 2.60. The molecule has 10 heteroatoms. The lowest BCUT2D eigenvalue weighted by Crippen LogP contribution is -2.47. The van der Waals surface area contributed by atoms with Gasteiger partial charge in [0, 0.05) is 12.3 Å². The molecule has 0 radical (unpaired) electrons. The Balaban J connectivity index is 2.10. The molecule has 20 heavy (non-hydrogen) atoms. The third kappa shape index (κ3) is 1.17. The minimum atomic E-state index is -4.11. The summed E-state index contributed by atoms with van der Waals surface area (Å²) in [6.07, 6.45) is -3.67. The number of nitrogens with one attached hydrogen (secondary N) is 1. The minimum Gasteiger partial charge on any atom is -0.386 e. The molecule has 1 aromatic rings. The van der Waals surface area contributed by atoms with Crippen LogP contribution in [-0.2, 0) is 4.74 Å². The van der Waals surface area contributed by atoms with Crippen LogP contribution in [0.4, 0.5) is 13.2 Å². The van der Waals surface area contributed by atoms with Crippen LogP contribution in [0.15, 0.2) is 21.9 Å². The van der Waals surface area contributed by atoms with Crippen LogP contribution in [0.1, 0.15) is 6.23 Å². The van der Waals surface area contributed by atoms with Crippen molar-refractivity contribution >= 4 is 0 Å². The second-order valence-electron chi connectivity index (χ2n) is 4.80. The average Bonchev–Trinajstić information content (AvgIpc) is 2.78. The van der Waals surface area contributed by atoms with Gasteiger partial charge in [-0.25, -0.2) is 9.18 Å². The highest BCUT2D eigenvalue weighted by molar-refractivity contribution is 5.38. The number of aromatic amines is 1. The minimum absolute atomic E-state index is 0.329. The Labute approximate surface area is 108 Å². The fraction of sp³-hybridized carbons (Fsp3) is 0.600. The van der Waals surface area contributed by atoms with Gasteiger partial charge in [0.1, 0.15) is 12.8 Å². The molecule has 7 nitrogen and oxygen atoms in total. The highest BCUT2D eigenvalue weighted by Crippen LogP contribution is 2.69. The second-order valence-corrected chi connectivity index (χ2v) is 4.80. The summed E-state index contributed by atoms with van der Waals surface area (Å²) in [5, 5.41) is 19.1. The Hall–Kier alpha value is -1.65. The largest absolute Gasteiger partial charge is 0.386 e. The topological polar surface area (TPSA) is 105 Å². The van der Waals surface area contributed by atoms with Crippen molar-refractivity contribution in [1.82, 2.24) is 9.55 Å². The van der Waals surface area contributed by atoms with Crippen LogP contribution < -0.4 is 11.2 Å². The van der Waals surface area contributed by atoms with Crippen LogP contribution in [-0.4, -0.2) is 49.7 Å². The highest BCUT2D eigenvalue weighted by Gasteiger charge is 2.95. The maximum absolute atomic E-state index is 14.1. The van der Waals surface area contributed by atoms with E-state index in [4.69, 9.17) is 4.74 Å².